The molecule has 3 heteroatoms. The molecule has 0 spiro atoms. The van der Waals surface area contributed by atoms with Crippen LogP contribution in [0.4, 0.5) is 0 Å². The van der Waals surface area contributed by atoms with Gasteiger partial charge in [-0.25, -0.2) is 0 Å². The molecule has 0 N–H and O–H groups in total. The smallest absolute Gasteiger partial charge is 0.0970 e. The van der Waals surface area contributed by atoms with Gasteiger partial charge in [-0.15, -0.1) is 0 Å². The molecule has 1 aliphatic carbocycles. The molecule has 9 rings (SSSR count). The lowest BCUT2D eigenvalue weighted by atomic mass is 9.90. The van der Waals surface area contributed by atoms with Gasteiger partial charge in [-0.3, -0.25) is 9.97 Å². The highest BCUT2D eigenvalue weighted by Crippen LogP contribution is 2.42. The van der Waals surface area contributed by atoms with Gasteiger partial charge in [-0.1, -0.05) is 72.8 Å². The number of hydrogen-bond acceptors (Lipinski definition) is 2. The monoisotopic (exact) mass is 509 g/mol. The number of allylic oxidation sites excluding steroid dienone is 1. The van der Waals surface area contributed by atoms with Crippen LogP contribution in [-0.2, 0) is 6.42 Å². The Bertz CT molecular complexity index is 2360. The van der Waals surface area contributed by atoms with E-state index in [1.54, 1.807) is 0 Å². The standard InChI is InChI=1S/C37H23N3/c1-2-17-32-29(14-1)35-30-15-5-9-23-8-3-11-25(34(23)30)22-33(35)40(32)27-13-4-10-24(20-27)31-21-26-12-6-18-38-36(26)37-28(31)16-7-19-39-37/h1-14,16-22H,15H2. The van der Waals surface area contributed by atoms with E-state index in [1.165, 1.54) is 54.8 Å². The topological polar surface area (TPSA) is 30.7 Å². The number of hydrogen-bond donors (Lipinski definition) is 0. The Morgan fingerprint density at radius 3 is 2.40 bits per heavy atom. The summed E-state index contributed by atoms with van der Waals surface area (Å²) in [5, 5.41) is 7.55. The Hall–Kier alpha value is -5.28. The number of benzene rings is 5. The van der Waals surface area contributed by atoms with Crippen LogP contribution in [0.2, 0.25) is 0 Å². The zero-order valence-electron chi connectivity index (χ0n) is 21.7. The quantitative estimate of drug-likeness (QED) is 0.217. The van der Waals surface area contributed by atoms with Gasteiger partial charge in [0, 0.05) is 39.6 Å². The zero-order chi connectivity index (χ0) is 26.2. The average molecular weight is 510 g/mol. The van der Waals surface area contributed by atoms with E-state index in [0.717, 1.165) is 33.9 Å². The molecule has 3 heterocycles. The zero-order valence-corrected chi connectivity index (χ0v) is 21.7. The summed E-state index contributed by atoms with van der Waals surface area (Å²) >= 11 is 0. The Kier molecular flexibility index (Phi) is 4.39. The molecule has 40 heavy (non-hydrogen) atoms. The van der Waals surface area contributed by atoms with Crippen molar-refractivity contribution in [3.63, 3.8) is 0 Å². The van der Waals surface area contributed by atoms with E-state index in [0.29, 0.717) is 0 Å². The maximum atomic E-state index is 4.74. The molecule has 0 radical (unpaired) electrons. The van der Waals surface area contributed by atoms with Crippen molar-refractivity contribution < 1.29 is 0 Å². The van der Waals surface area contributed by atoms with Crippen LogP contribution in [0.5, 0.6) is 0 Å². The third-order valence-electron chi connectivity index (χ3n) is 8.43. The summed E-state index contributed by atoms with van der Waals surface area (Å²) in [6.07, 6.45) is 9.21. The molecule has 8 aromatic rings. The van der Waals surface area contributed by atoms with E-state index in [2.05, 4.69) is 113 Å². The Morgan fingerprint density at radius 1 is 0.600 bits per heavy atom. The van der Waals surface area contributed by atoms with Gasteiger partial charge in [0.25, 0.3) is 0 Å². The molecule has 0 bridgehead atoms. The first-order chi connectivity index (χ1) is 19.8. The van der Waals surface area contributed by atoms with Crippen molar-refractivity contribution in [2.24, 2.45) is 0 Å². The highest BCUT2D eigenvalue weighted by atomic mass is 15.0. The number of pyridine rings is 2. The second-order valence-corrected chi connectivity index (χ2v) is 10.6. The Balaban J connectivity index is 1.36. The number of rotatable bonds is 2. The van der Waals surface area contributed by atoms with E-state index < -0.39 is 0 Å². The maximum absolute atomic E-state index is 4.74. The first-order valence-electron chi connectivity index (χ1n) is 13.7. The summed E-state index contributed by atoms with van der Waals surface area (Å²) in [6, 6.07) is 37.3. The Labute approximate surface area is 230 Å². The summed E-state index contributed by atoms with van der Waals surface area (Å²) in [6.45, 7) is 0. The fraction of sp³-hybridized carbons (Fsp3) is 0.0270. The van der Waals surface area contributed by atoms with Gasteiger partial charge in [-0.05, 0) is 81.9 Å². The van der Waals surface area contributed by atoms with E-state index in [1.807, 2.05) is 24.5 Å². The van der Waals surface area contributed by atoms with Crippen molar-refractivity contribution >= 4 is 60.5 Å². The van der Waals surface area contributed by atoms with Gasteiger partial charge in [-0.2, -0.15) is 0 Å². The van der Waals surface area contributed by atoms with Crippen LogP contribution < -0.4 is 0 Å². The summed E-state index contributed by atoms with van der Waals surface area (Å²) < 4.78 is 2.44. The van der Waals surface area contributed by atoms with Crippen molar-refractivity contribution in [1.82, 2.24) is 14.5 Å². The van der Waals surface area contributed by atoms with E-state index in [4.69, 9.17) is 4.98 Å². The van der Waals surface area contributed by atoms with E-state index in [9.17, 15) is 0 Å². The fourth-order valence-electron chi connectivity index (χ4n) is 6.80. The van der Waals surface area contributed by atoms with Crippen molar-refractivity contribution in [3.05, 3.63) is 133 Å². The van der Waals surface area contributed by atoms with Gasteiger partial charge in [0.15, 0.2) is 0 Å². The van der Waals surface area contributed by atoms with Crippen LogP contribution in [0.3, 0.4) is 0 Å². The molecule has 0 atom stereocenters. The van der Waals surface area contributed by atoms with E-state index in [-0.39, 0.29) is 0 Å². The molecule has 0 unspecified atom stereocenters. The summed E-state index contributed by atoms with van der Waals surface area (Å²) in [7, 11) is 0. The summed E-state index contributed by atoms with van der Waals surface area (Å²) in [5.74, 6) is 0. The maximum Gasteiger partial charge on any atom is 0.0970 e. The molecule has 5 aromatic carbocycles. The average Bonchev–Trinajstić information content (AvgIpc) is 3.35. The van der Waals surface area contributed by atoms with Crippen molar-refractivity contribution in [1.29, 1.82) is 0 Å². The SMILES string of the molecule is C1=Cc2cccc3cc4c(c(c23)C1)c1ccccc1n4-c1cccc(-c2cc3cccnc3c3ncccc23)c1. The van der Waals surface area contributed by atoms with Gasteiger partial charge in [0.05, 0.1) is 22.1 Å². The Morgan fingerprint density at radius 2 is 1.43 bits per heavy atom. The van der Waals surface area contributed by atoms with Crippen molar-refractivity contribution in [3.8, 4) is 16.8 Å². The molecular formula is C37H23N3. The molecule has 0 saturated heterocycles. The van der Waals surface area contributed by atoms with Gasteiger partial charge < -0.3 is 4.57 Å². The second-order valence-electron chi connectivity index (χ2n) is 10.6. The summed E-state index contributed by atoms with van der Waals surface area (Å²) in [4.78, 5) is 9.39. The molecule has 3 nitrogen and oxygen atoms in total. The molecule has 0 fully saturated rings. The fourth-order valence-corrected chi connectivity index (χ4v) is 6.80. The lowest BCUT2D eigenvalue weighted by Gasteiger charge is -2.16. The van der Waals surface area contributed by atoms with Crippen molar-refractivity contribution in [2.75, 3.05) is 0 Å². The number of para-hydroxylation sites is 1. The normalized spacial score (nSPS) is 12.8. The highest BCUT2D eigenvalue weighted by Gasteiger charge is 2.20. The van der Waals surface area contributed by atoms with Gasteiger partial charge in [0.2, 0.25) is 0 Å². The van der Waals surface area contributed by atoms with Crippen LogP contribution >= 0.6 is 0 Å². The third-order valence-corrected chi connectivity index (χ3v) is 8.43. The molecule has 186 valence electrons. The summed E-state index contributed by atoms with van der Waals surface area (Å²) in [5.41, 5.74) is 10.6. The second kappa shape index (κ2) is 8.11. The molecule has 0 aliphatic heterocycles. The molecule has 3 aromatic heterocycles. The lowest BCUT2D eigenvalue weighted by molar-refractivity contribution is 1.18. The predicted octanol–water partition coefficient (Wildman–Crippen LogP) is 9.27. The molecule has 1 aliphatic rings. The largest absolute Gasteiger partial charge is 0.309 e. The number of aromatic nitrogens is 3. The number of nitrogens with zero attached hydrogens (tertiary/aromatic N) is 3. The third kappa shape index (κ3) is 2.95. The lowest BCUT2D eigenvalue weighted by Crippen LogP contribution is -1.97. The van der Waals surface area contributed by atoms with Gasteiger partial charge >= 0.3 is 0 Å². The minimum Gasteiger partial charge on any atom is -0.309 e. The minimum atomic E-state index is 0.937. The first-order valence-corrected chi connectivity index (χ1v) is 13.7. The number of fused-ring (bicyclic) bond motifs is 7. The predicted molar refractivity (Wildman–Crippen MR) is 167 cm³/mol. The minimum absolute atomic E-state index is 0.937. The van der Waals surface area contributed by atoms with E-state index >= 15 is 0 Å². The first kappa shape index (κ1) is 21.6. The highest BCUT2D eigenvalue weighted by molar-refractivity contribution is 6.18. The van der Waals surface area contributed by atoms with Crippen LogP contribution in [0, 0.1) is 0 Å². The van der Waals surface area contributed by atoms with Crippen LogP contribution in [0.1, 0.15) is 11.1 Å². The van der Waals surface area contributed by atoms with Crippen LogP contribution in [0.15, 0.2) is 122 Å². The molecule has 0 saturated carbocycles. The van der Waals surface area contributed by atoms with Crippen LogP contribution in [0.25, 0.3) is 77.3 Å². The van der Waals surface area contributed by atoms with Crippen LogP contribution in [-0.4, -0.2) is 14.5 Å². The molecular weight excluding hydrogens is 486 g/mol. The van der Waals surface area contributed by atoms with Gasteiger partial charge in [0.1, 0.15) is 0 Å². The molecule has 0 amide bonds. The van der Waals surface area contributed by atoms with Crippen molar-refractivity contribution in [2.45, 2.75) is 6.42 Å².